The fraction of sp³-hybridized carbons (Fsp3) is 0.500. The minimum absolute atomic E-state index is 0.347. The number of hydrogen-bond donors (Lipinski definition) is 2. The third kappa shape index (κ3) is 3.64. The molecular formula is C14H16F3N3. The van der Waals surface area contributed by atoms with Crippen LogP contribution in [0.25, 0.3) is 0 Å². The lowest BCUT2D eigenvalue weighted by atomic mass is 10.1. The summed E-state index contributed by atoms with van der Waals surface area (Å²) in [6.45, 7) is 1.63. The highest BCUT2D eigenvalue weighted by atomic mass is 19.4. The summed E-state index contributed by atoms with van der Waals surface area (Å²) in [6, 6.07) is 5.74. The monoisotopic (exact) mass is 283 g/mol. The van der Waals surface area contributed by atoms with Gasteiger partial charge in [-0.3, -0.25) is 0 Å². The molecule has 1 atom stereocenters. The van der Waals surface area contributed by atoms with E-state index in [-0.39, 0.29) is 5.56 Å². The van der Waals surface area contributed by atoms with Gasteiger partial charge in [0.1, 0.15) is 0 Å². The van der Waals surface area contributed by atoms with Gasteiger partial charge in [-0.2, -0.15) is 18.4 Å². The summed E-state index contributed by atoms with van der Waals surface area (Å²) in [6.07, 6.45) is -1.36. The minimum Gasteiger partial charge on any atom is -0.385 e. The molecule has 1 saturated heterocycles. The highest BCUT2D eigenvalue weighted by Gasteiger charge is 2.33. The standard InChI is InChI=1S/C14H16F3N3/c15-14(16,17)13-8-12(4-3-10(13)9-18)20-7-5-11-2-1-6-19-11/h3-4,8,11,19-20H,1-2,5-7H2/t11-/m0/s1. The van der Waals surface area contributed by atoms with Gasteiger partial charge in [-0.25, -0.2) is 0 Å². The van der Waals surface area contributed by atoms with Crippen LogP contribution in [0.5, 0.6) is 0 Å². The molecule has 0 amide bonds. The topological polar surface area (TPSA) is 47.9 Å². The number of anilines is 1. The Morgan fingerprint density at radius 1 is 1.40 bits per heavy atom. The first-order valence-electron chi connectivity index (χ1n) is 6.59. The van der Waals surface area contributed by atoms with Gasteiger partial charge >= 0.3 is 6.18 Å². The Labute approximate surface area is 115 Å². The maximum absolute atomic E-state index is 12.8. The molecule has 1 aromatic carbocycles. The van der Waals surface area contributed by atoms with Crippen molar-refractivity contribution < 1.29 is 13.2 Å². The van der Waals surface area contributed by atoms with Gasteiger partial charge in [0.05, 0.1) is 17.2 Å². The molecule has 0 aliphatic carbocycles. The van der Waals surface area contributed by atoms with Crippen LogP contribution in [0, 0.1) is 11.3 Å². The maximum Gasteiger partial charge on any atom is 0.417 e. The molecule has 0 bridgehead atoms. The number of hydrogen-bond acceptors (Lipinski definition) is 3. The van der Waals surface area contributed by atoms with Crippen LogP contribution in [0.1, 0.15) is 30.4 Å². The van der Waals surface area contributed by atoms with Gasteiger partial charge < -0.3 is 10.6 Å². The molecule has 0 radical (unpaired) electrons. The van der Waals surface area contributed by atoms with Crippen molar-refractivity contribution in [2.45, 2.75) is 31.5 Å². The first-order chi connectivity index (χ1) is 9.50. The number of rotatable bonds is 4. The molecule has 1 fully saturated rings. The molecule has 108 valence electrons. The van der Waals surface area contributed by atoms with Gasteiger partial charge in [-0.05, 0) is 44.0 Å². The van der Waals surface area contributed by atoms with E-state index in [0.29, 0.717) is 18.3 Å². The largest absolute Gasteiger partial charge is 0.417 e. The highest BCUT2D eigenvalue weighted by molar-refractivity contribution is 5.53. The fourth-order valence-corrected chi connectivity index (χ4v) is 2.38. The van der Waals surface area contributed by atoms with Crippen molar-refractivity contribution in [3.8, 4) is 6.07 Å². The van der Waals surface area contributed by atoms with Crippen molar-refractivity contribution in [3.63, 3.8) is 0 Å². The van der Waals surface area contributed by atoms with Crippen LogP contribution in [-0.2, 0) is 6.18 Å². The molecule has 1 aliphatic rings. The molecule has 2 rings (SSSR count). The summed E-state index contributed by atoms with van der Waals surface area (Å²) in [4.78, 5) is 0. The molecule has 1 heterocycles. The summed E-state index contributed by atoms with van der Waals surface area (Å²) >= 11 is 0. The van der Waals surface area contributed by atoms with Crippen molar-refractivity contribution in [2.75, 3.05) is 18.4 Å². The predicted octanol–water partition coefficient (Wildman–Crippen LogP) is 3.13. The van der Waals surface area contributed by atoms with E-state index in [2.05, 4.69) is 10.6 Å². The number of nitriles is 1. The maximum atomic E-state index is 12.8. The van der Waals surface area contributed by atoms with Gasteiger partial charge in [-0.15, -0.1) is 0 Å². The second kappa shape index (κ2) is 6.14. The number of nitrogens with one attached hydrogen (secondary N) is 2. The Bertz CT molecular complexity index is 499. The van der Waals surface area contributed by atoms with E-state index in [1.165, 1.54) is 12.1 Å². The van der Waals surface area contributed by atoms with E-state index >= 15 is 0 Å². The molecule has 1 aliphatic heterocycles. The van der Waals surface area contributed by atoms with Crippen molar-refractivity contribution in [2.24, 2.45) is 0 Å². The normalized spacial score (nSPS) is 18.8. The van der Waals surface area contributed by atoms with Crippen molar-refractivity contribution in [1.82, 2.24) is 5.32 Å². The summed E-state index contributed by atoms with van der Waals surface area (Å²) in [5.74, 6) is 0. The second-order valence-corrected chi connectivity index (χ2v) is 4.88. The van der Waals surface area contributed by atoms with Crippen LogP contribution in [0.3, 0.4) is 0 Å². The smallest absolute Gasteiger partial charge is 0.385 e. The Morgan fingerprint density at radius 2 is 2.20 bits per heavy atom. The van der Waals surface area contributed by atoms with E-state index < -0.39 is 11.7 Å². The summed E-state index contributed by atoms with van der Waals surface area (Å²) in [7, 11) is 0. The van der Waals surface area contributed by atoms with Crippen LogP contribution >= 0.6 is 0 Å². The minimum atomic E-state index is -4.50. The zero-order chi connectivity index (χ0) is 14.6. The van der Waals surface area contributed by atoms with Crippen molar-refractivity contribution in [3.05, 3.63) is 29.3 Å². The molecule has 2 N–H and O–H groups in total. The Kier molecular flexibility index (Phi) is 4.50. The molecular weight excluding hydrogens is 267 g/mol. The fourth-order valence-electron chi connectivity index (χ4n) is 2.38. The number of halogens is 3. The molecule has 3 nitrogen and oxygen atoms in total. The molecule has 0 spiro atoms. The van der Waals surface area contributed by atoms with E-state index in [9.17, 15) is 13.2 Å². The van der Waals surface area contributed by atoms with Gasteiger partial charge in [0.2, 0.25) is 0 Å². The SMILES string of the molecule is N#Cc1ccc(NCC[C@@H]2CCCN2)cc1C(F)(F)F. The summed E-state index contributed by atoms with van der Waals surface area (Å²) in [5.41, 5.74) is -0.834. The van der Waals surface area contributed by atoms with Crippen molar-refractivity contribution in [1.29, 1.82) is 5.26 Å². The van der Waals surface area contributed by atoms with Crippen LogP contribution in [0.4, 0.5) is 18.9 Å². The lowest BCUT2D eigenvalue weighted by molar-refractivity contribution is -0.137. The molecule has 0 saturated carbocycles. The molecule has 1 aromatic rings. The Balaban J connectivity index is 2.00. The third-order valence-electron chi connectivity index (χ3n) is 3.43. The van der Waals surface area contributed by atoms with Crippen molar-refractivity contribution >= 4 is 5.69 Å². The quantitative estimate of drug-likeness (QED) is 0.892. The van der Waals surface area contributed by atoms with Gasteiger partial charge in [0.25, 0.3) is 0 Å². The number of nitrogens with zero attached hydrogens (tertiary/aromatic N) is 1. The third-order valence-corrected chi connectivity index (χ3v) is 3.43. The van der Waals surface area contributed by atoms with E-state index in [1.807, 2.05) is 0 Å². The predicted molar refractivity (Wildman–Crippen MR) is 70.3 cm³/mol. The van der Waals surface area contributed by atoms with Gasteiger partial charge in [0, 0.05) is 18.3 Å². The molecule has 6 heteroatoms. The van der Waals surface area contributed by atoms with Crippen LogP contribution < -0.4 is 10.6 Å². The zero-order valence-corrected chi connectivity index (χ0v) is 10.9. The highest BCUT2D eigenvalue weighted by Crippen LogP contribution is 2.33. The van der Waals surface area contributed by atoms with Crippen LogP contribution in [0.2, 0.25) is 0 Å². The van der Waals surface area contributed by atoms with E-state index in [4.69, 9.17) is 5.26 Å². The number of benzene rings is 1. The lowest BCUT2D eigenvalue weighted by Gasteiger charge is -2.14. The zero-order valence-electron chi connectivity index (χ0n) is 10.9. The average Bonchev–Trinajstić information content (AvgIpc) is 2.91. The average molecular weight is 283 g/mol. The van der Waals surface area contributed by atoms with Gasteiger partial charge in [-0.1, -0.05) is 0 Å². The van der Waals surface area contributed by atoms with Crippen LogP contribution in [0.15, 0.2) is 18.2 Å². The van der Waals surface area contributed by atoms with E-state index in [0.717, 1.165) is 31.9 Å². The first kappa shape index (κ1) is 14.7. The molecule has 20 heavy (non-hydrogen) atoms. The lowest BCUT2D eigenvalue weighted by Crippen LogP contribution is -2.24. The first-order valence-corrected chi connectivity index (χ1v) is 6.59. The van der Waals surface area contributed by atoms with E-state index in [1.54, 1.807) is 6.07 Å². The summed E-state index contributed by atoms with van der Waals surface area (Å²) < 4.78 is 38.4. The Hall–Kier alpha value is -1.74. The molecule has 0 unspecified atom stereocenters. The van der Waals surface area contributed by atoms with Gasteiger partial charge in [0.15, 0.2) is 0 Å². The Morgan fingerprint density at radius 3 is 2.80 bits per heavy atom. The second-order valence-electron chi connectivity index (χ2n) is 4.88. The molecule has 0 aromatic heterocycles. The summed E-state index contributed by atoms with van der Waals surface area (Å²) in [5, 5.41) is 15.0. The van der Waals surface area contributed by atoms with Crippen LogP contribution in [-0.4, -0.2) is 19.1 Å². The number of alkyl halides is 3.